The Morgan fingerprint density at radius 1 is 1.10 bits per heavy atom. The minimum Gasteiger partial charge on any atom is -0.363 e. The smallest absolute Gasteiger partial charge is 0.130 e. The SMILES string of the molecule is Cc1cc(C(C)Nc2nc3ccccc3cc2C)c(C)s1. The lowest BCUT2D eigenvalue weighted by molar-refractivity contribution is 0.871. The molecule has 0 amide bonds. The highest BCUT2D eigenvalue weighted by molar-refractivity contribution is 7.12. The Morgan fingerprint density at radius 3 is 2.57 bits per heavy atom. The van der Waals surface area contributed by atoms with Crippen LogP contribution < -0.4 is 5.32 Å². The van der Waals surface area contributed by atoms with Gasteiger partial charge in [0.1, 0.15) is 5.82 Å². The molecule has 2 aromatic heterocycles. The van der Waals surface area contributed by atoms with Gasteiger partial charge in [0.05, 0.1) is 11.6 Å². The summed E-state index contributed by atoms with van der Waals surface area (Å²) in [5.41, 5.74) is 3.59. The van der Waals surface area contributed by atoms with Crippen LogP contribution in [0.1, 0.15) is 33.8 Å². The summed E-state index contributed by atoms with van der Waals surface area (Å²) >= 11 is 1.85. The van der Waals surface area contributed by atoms with Crippen LogP contribution in [0.5, 0.6) is 0 Å². The van der Waals surface area contributed by atoms with Gasteiger partial charge in [0.15, 0.2) is 0 Å². The Bertz CT molecular complexity index is 789. The molecule has 0 fully saturated rings. The van der Waals surface area contributed by atoms with E-state index in [9.17, 15) is 0 Å². The molecule has 2 heterocycles. The summed E-state index contributed by atoms with van der Waals surface area (Å²) in [7, 11) is 0. The van der Waals surface area contributed by atoms with Crippen molar-refractivity contribution >= 4 is 28.1 Å². The van der Waals surface area contributed by atoms with Gasteiger partial charge in [0.2, 0.25) is 0 Å². The molecule has 0 spiro atoms. The number of nitrogens with one attached hydrogen (secondary N) is 1. The summed E-state index contributed by atoms with van der Waals surface area (Å²) in [6.45, 7) is 8.66. The second-order valence-electron chi connectivity index (χ2n) is 5.58. The maximum absolute atomic E-state index is 4.77. The van der Waals surface area contributed by atoms with E-state index in [1.165, 1.54) is 26.3 Å². The monoisotopic (exact) mass is 296 g/mol. The third-order valence-corrected chi connectivity index (χ3v) is 4.80. The first-order valence-electron chi connectivity index (χ1n) is 7.24. The number of fused-ring (bicyclic) bond motifs is 1. The molecule has 1 atom stereocenters. The Balaban J connectivity index is 1.94. The first-order chi connectivity index (χ1) is 10.0. The highest BCUT2D eigenvalue weighted by atomic mass is 32.1. The van der Waals surface area contributed by atoms with Gasteiger partial charge in [-0.15, -0.1) is 11.3 Å². The van der Waals surface area contributed by atoms with Crippen molar-refractivity contribution in [1.29, 1.82) is 0 Å². The summed E-state index contributed by atoms with van der Waals surface area (Å²) < 4.78 is 0. The highest BCUT2D eigenvalue weighted by Gasteiger charge is 2.13. The molecule has 1 N–H and O–H groups in total. The number of thiophene rings is 1. The second-order valence-corrected chi connectivity index (χ2v) is 7.04. The fraction of sp³-hybridized carbons (Fsp3) is 0.278. The molecule has 108 valence electrons. The zero-order chi connectivity index (χ0) is 15.0. The van der Waals surface area contributed by atoms with Crippen molar-refractivity contribution < 1.29 is 0 Å². The number of aromatic nitrogens is 1. The van der Waals surface area contributed by atoms with Crippen LogP contribution >= 0.6 is 11.3 Å². The van der Waals surface area contributed by atoms with Gasteiger partial charge in [-0.2, -0.15) is 0 Å². The van der Waals surface area contributed by atoms with Crippen LogP contribution in [0.15, 0.2) is 36.4 Å². The van der Waals surface area contributed by atoms with Crippen molar-refractivity contribution in [3.8, 4) is 0 Å². The number of para-hydroxylation sites is 1. The van der Waals surface area contributed by atoms with Gasteiger partial charge in [-0.25, -0.2) is 4.98 Å². The topological polar surface area (TPSA) is 24.9 Å². The van der Waals surface area contributed by atoms with E-state index in [0.29, 0.717) is 0 Å². The van der Waals surface area contributed by atoms with E-state index in [0.717, 1.165) is 11.3 Å². The molecule has 0 aliphatic rings. The molecule has 0 bridgehead atoms. The molecule has 1 unspecified atom stereocenters. The summed E-state index contributed by atoms with van der Waals surface area (Å²) in [6.07, 6.45) is 0. The van der Waals surface area contributed by atoms with Crippen LogP contribution in [0.3, 0.4) is 0 Å². The predicted molar refractivity (Wildman–Crippen MR) is 92.3 cm³/mol. The van der Waals surface area contributed by atoms with Crippen molar-refractivity contribution in [2.75, 3.05) is 5.32 Å². The van der Waals surface area contributed by atoms with Gasteiger partial charge in [-0.3, -0.25) is 0 Å². The Kier molecular flexibility index (Phi) is 3.68. The van der Waals surface area contributed by atoms with E-state index in [1.807, 2.05) is 17.4 Å². The minimum absolute atomic E-state index is 0.266. The lowest BCUT2D eigenvalue weighted by Gasteiger charge is -2.17. The molecule has 3 heteroatoms. The average molecular weight is 296 g/mol. The van der Waals surface area contributed by atoms with E-state index >= 15 is 0 Å². The number of rotatable bonds is 3. The molecule has 0 saturated heterocycles. The zero-order valence-corrected chi connectivity index (χ0v) is 13.7. The molecule has 1 aromatic carbocycles. The molecule has 3 aromatic rings. The highest BCUT2D eigenvalue weighted by Crippen LogP contribution is 2.29. The minimum atomic E-state index is 0.266. The van der Waals surface area contributed by atoms with E-state index in [4.69, 9.17) is 4.98 Å². The van der Waals surface area contributed by atoms with Crippen LogP contribution in [-0.2, 0) is 0 Å². The van der Waals surface area contributed by atoms with Gasteiger partial charge in [0.25, 0.3) is 0 Å². The third-order valence-electron chi connectivity index (χ3n) is 3.81. The number of hydrogen-bond donors (Lipinski definition) is 1. The van der Waals surface area contributed by atoms with Crippen LogP contribution in [-0.4, -0.2) is 4.98 Å². The van der Waals surface area contributed by atoms with E-state index in [-0.39, 0.29) is 6.04 Å². The van der Waals surface area contributed by atoms with Gasteiger partial charge in [-0.05, 0) is 57.0 Å². The summed E-state index contributed by atoms with van der Waals surface area (Å²) in [6, 6.07) is 13.0. The first-order valence-corrected chi connectivity index (χ1v) is 8.06. The summed E-state index contributed by atoms with van der Waals surface area (Å²) in [4.78, 5) is 7.51. The third kappa shape index (κ3) is 2.79. The number of anilines is 1. The van der Waals surface area contributed by atoms with Crippen molar-refractivity contribution in [2.24, 2.45) is 0 Å². The largest absolute Gasteiger partial charge is 0.363 e. The molecular weight excluding hydrogens is 276 g/mol. The quantitative estimate of drug-likeness (QED) is 0.700. The molecular formula is C18H20N2S. The maximum atomic E-state index is 4.77. The normalized spacial score (nSPS) is 12.6. The molecule has 0 saturated carbocycles. The van der Waals surface area contributed by atoms with Crippen molar-refractivity contribution in [3.05, 3.63) is 57.3 Å². The molecule has 0 radical (unpaired) electrons. The fourth-order valence-corrected chi connectivity index (χ4v) is 3.75. The molecule has 0 aliphatic heterocycles. The average Bonchev–Trinajstić information content (AvgIpc) is 2.78. The molecule has 3 rings (SSSR count). The fourth-order valence-electron chi connectivity index (χ4n) is 2.73. The first kappa shape index (κ1) is 14.1. The van der Waals surface area contributed by atoms with Gasteiger partial charge in [0, 0.05) is 15.1 Å². The number of benzene rings is 1. The van der Waals surface area contributed by atoms with E-state index in [1.54, 1.807) is 0 Å². The van der Waals surface area contributed by atoms with Crippen LogP contribution in [0.25, 0.3) is 10.9 Å². The van der Waals surface area contributed by atoms with Crippen LogP contribution in [0, 0.1) is 20.8 Å². The van der Waals surface area contributed by atoms with Gasteiger partial charge in [-0.1, -0.05) is 18.2 Å². The summed E-state index contributed by atoms with van der Waals surface area (Å²) in [5, 5.41) is 4.76. The standard InChI is InChI=1S/C18H20N2S/c1-11-9-15-7-5-6-8-17(15)20-18(11)19-13(3)16-10-12(2)21-14(16)4/h5-10,13H,1-4H3,(H,19,20). The van der Waals surface area contributed by atoms with Gasteiger partial charge < -0.3 is 5.32 Å². The van der Waals surface area contributed by atoms with Crippen LogP contribution in [0.2, 0.25) is 0 Å². The van der Waals surface area contributed by atoms with Crippen molar-refractivity contribution in [2.45, 2.75) is 33.7 Å². The van der Waals surface area contributed by atoms with Gasteiger partial charge >= 0.3 is 0 Å². The Morgan fingerprint density at radius 2 is 1.86 bits per heavy atom. The zero-order valence-electron chi connectivity index (χ0n) is 12.9. The number of nitrogens with zero attached hydrogens (tertiary/aromatic N) is 1. The number of hydrogen-bond acceptors (Lipinski definition) is 3. The van der Waals surface area contributed by atoms with Crippen molar-refractivity contribution in [1.82, 2.24) is 4.98 Å². The Hall–Kier alpha value is -1.87. The lowest BCUT2D eigenvalue weighted by atomic mass is 10.1. The number of pyridine rings is 1. The van der Waals surface area contributed by atoms with E-state index in [2.05, 4.69) is 63.3 Å². The maximum Gasteiger partial charge on any atom is 0.130 e. The lowest BCUT2D eigenvalue weighted by Crippen LogP contribution is -2.09. The molecule has 0 aliphatic carbocycles. The van der Waals surface area contributed by atoms with Crippen molar-refractivity contribution in [3.63, 3.8) is 0 Å². The van der Waals surface area contributed by atoms with Crippen LogP contribution in [0.4, 0.5) is 5.82 Å². The Labute approximate surface area is 129 Å². The number of aryl methyl sites for hydroxylation is 3. The molecule has 21 heavy (non-hydrogen) atoms. The van der Waals surface area contributed by atoms with E-state index < -0.39 is 0 Å². The predicted octanol–water partition coefficient (Wildman–Crippen LogP) is 5.39. The second kappa shape index (κ2) is 5.49. The summed E-state index contributed by atoms with van der Waals surface area (Å²) in [5.74, 6) is 0.976. The molecule has 2 nitrogen and oxygen atoms in total.